The van der Waals surface area contributed by atoms with Gasteiger partial charge < -0.3 is 14.5 Å². The molecule has 1 heterocycles. The van der Waals surface area contributed by atoms with E-state index in [9.17, 15) is 9.59 Å². The van der Waals surface area contributed by atoms with Crippen LogP contribution in [0.2, 0.25) is 0 Å². The second-order valence-electron chi connectivity index (χ2n) is 7.05. The average Bonchev–Trinajstić information content (AvgIpc) is 2.66. The molecule has 1 unspecified atom stereocenters. The van der Waals surface area contributed by atoms with Gasteiger partial charge in [0.15, 0.2) is 0 Å². The maximum absolute atomic E-state index is 12.3. The van der Waals surface area contributed by atoms with Gasteiger partial charge in [-0.05, 0) is 50.6 Å². The van der Waals surface area contributed by atoms with Crippen LogP contribution < -0.4 is 4.74 Å². The van der Waals surface area contributed by atoms with Crippen LogP contribution in [0.1, 0.15) is 45.1 Å². The summed E-state index contributed by atoms with van der Waals surface area (Å²) in [5.41, 5.74) is 1.30. The molecule has 0 N–H and O–H groups in total. The predicted molar refractivity (Wildman–Crippen MR) is 103 cm³/mol. The highest BCUT2D eigenvalue weighted by atomic mass is 16.5. The third kappa shape index (κ3) is 6.13. The van der Waals surface area contributed by atoms with Crippen LogP contribution in [-0.4, -0.2) is 60.8 Å². The number of piperidine rings is 1. The maximum Gasteiger partial charge on any atom is 0.222 e. The summed E-state index contributed by atoms with van der Waals surface area (Å²) < 4.78 is 5.21. The van der Waals surface area contributed by atoms with Gasteiger partial charge in [-0.3, -0.25) is 9.59 Å². The molecule has 26 heavy (non-hydrogen) atoms. The van der Waals surface area contributed by atoms with Gasteiger partial charge in [0.1, 0.15) is 11.5 Å². The van der Waals surface area contributed by atoms with Crippen LogP contribution in [0.25, 0.3) is 0 Å². The zero-order valence-electron chi connectivity index (χ0n) is 16.4. The van der Waals surface area contributed by atoms with Gasteiger partial charge >= 0.3 is 0 Å². The molecule has 144 valence electrons. The number of hydrogen-bond donors (Lipinski definition) is 0. The number of methoxy groups -OCH3 is 1. The molecule has 1 fully saturated rings. The van der Waals surface area contributed by atoms with E-state index in [0.717, 1.165) is 31.7 Å². The fourth-order valence-electron chi connectivity index (χ4n) is 3.52. The zero-order valence-corrected chi connectivity index (χ0v) is 16.4. The first-order chi connectivity index (χ1) is 12.5. The number of likely N-dealkylation sites (tertiary alicyclic amines) is 1. The monoisotopic (exact) mass is 360 g/mol. The van der Waals surface area contributed by atoms with E-state index in [-0.39, 0.29) is 11.7 Å². The Bertz CT molecular complexity index is 575. The SMILES string of the molecule is CCN(CCCC(=O)N1CCC(=O)CC1)C(C)Cc1ccc(OC)cc1. The standard InChI is InChI=1S/C21H32N2O3/c1-4-22(17(2)16-18-7-9-20(26-3)10-8-18)13-5-6-21(25)23-14-11-19(24)12-15-23/h7-10,17H,4-6,11-16H2,1-3H3. The van der Waals surface area contributed by atoms with Gasteiger partial charge in [-0.15, -0.1) is 0 Å². The zero-order chi connectivity index (χ0) is 18.9. The quantitative estimate of drug-likeness (QED) is 0.679. The number of likely N-dealkylation sites (N-methyl/N-ethyl adjacent to an activating group) is 1. The Morgan fingerprint density at radius 3 is 2.46 bits per heavy atom. The molecule has 1 aliphatic heterocycles. The molecule has 1 saturated heterocycles. The Hall–Kier alpha value is -1.88. The Morgan fingerprint density at radius 2 is 1.88 bits per heavy atom. The normalized spacial score (nSPS) is 16.0. The molecule has 0 saturated carbocycles. The molecule has 0 aliphatic carbocycles. The Balaban J connectivity index is 1.74. The van der Waals surface area contributed by atoms with Crippen LogP contribution in [0.3, 0.4) is 0 Å². The van der Waals surface area contributed by atoms with Crippen LogP contribution in [0.5, 0.6) is 5.75 Å². The van der Waals surface area contributed by atoms with E-state index in [4.69, 9.17) is 4.74 Å². The summed E-state index contributed by atoms with van der Waals surface area (Å²) in [6.45, 7) is 7.51. The molecule has 5 heteroatoms. The minimum Gasteiger partial charge on any atom is -0.497 e. The van der Waals surface area contributed by atoms with Crippen LogP contribution in [0.4, 0.5) is 0 Å². The smallest absolute Gasteiger partial charge is 0.222 e. The molecule has 2 rings (SSSR count). The first-order valence-electron chi connectivity index (χ1n) is 9.70. The summed E-state index contributed by atoms with van der Waals surface area (Å²) in [5.74, 6) is 1.35. The van der Waals surface area contributed by atoms with Crippen molar-refractivity contribution in [3.05, 3.63) is 29.8 Å². The number of benzene rings is 1. The van der Waals surface area contributed by atoms with Gasteiger partial charge in [0, 0.05) is 38.4 Å². The third-order valence-corrected chi connectivity index (χ3v) is 5.23. The topological polar surface area (TPSA) is 49.9 Å². The van der Waals surface area contributed by atoms with Crippen molar-refractivity contribution >= 4 is 11.7 Å². The van der Waals surface area contributed by atoms with Gasteiger partial charge in [0.05, 0.1) is 7.11 Å². The van der Waals surface area contributed by atoms with Crippen LogP contribution >= 0.6 is 0 Å². The van der Waals surface area contributed by atoms with Crippen molar-refractivity contribution in [2.75, 3.05) is 33.3 Å². The van der Waals surface area contributed by atoms with Crippen molar-refractivity contribution in [1.82, 2.24) is 9.80 Å². The molecule has 1 aromatic carbocycles. The van der Waals surface area contributed by atoms with Gasteiger partial charge in [-0.25, -0.2) is 0 Å². The molecule has 5 nitrogen and oxygen atoms in total. The van der Waals surface area contributed by atoms with Gasteiger partial charge in [-0.2, -0.15) is 0 Å². The highest BCUT2D eigenvalue weighted by molar-refractivity contribution is 5.83. The molecule has 0 spiro atoms. The lowest BCUT2D eigenvalue weighted by atomic mass is 10.1. The van der Waals surface area contributed by atoms with Crippen LogP contribution in [0.15, 0.2) is 24.3 Å². The lowest BCUT2D eigenvalue weighted by Crippen LogP contribution is -2.39. The number of Topliss-reactive ketones (excluding diaryl/α,β-unsaturated/α-hetero) is 1. The minimum absolute atomic E-state index is 0.191. The van der Waals surface area contributed by atoms with Gasteiger partial charge in [0.25, 0.3) is 0 Å². The van der Waals surface area contributed by atoms with Crippen LogP contribution in [-0.2, 0) is 16.0 Å². The number of nitrogens with zero attached hydrogens (tertiary/aromatic N) is 2. The molecule has 1 aliphatic rings. The average molecular weight is 360 g/mol. The molecular weight excluding hydrogens is 328 g/mol. The van der Waals surface area contributed by atoms with Crippen molar-refractivity contribution in [1.29, 1.82) is 0 Å². The third-order valence-electron chi connectivity index (χ3n) is 5.23. The number of ether oxygens (including phenoxy) is 1. The van der Waals surface area contributed by atoms with Crippen molar-refractivity contribution < 1.29 is 14.3 Å². The fourth-order valence-corrected chi connectivity index (χ4v) is 3.52. The molecule has 0 radical (unpaired) electrons. The van der Waals surface area contributed by atoms with Crippen molar-refractivity contribution in [3.8, 4) is 5.75 Å². The number of amides is 1. The number of rotatable bonds is 9. The van der Waals surface area contributed by atoms with Crippen molar-refractivity contribution in [3.63, 3.8) is 0 Å². The largest absolute Gasteiger partial charge is 0.497 e. The lowest BCUT2D eigenvalue weighted by Gasteiger charge is -2.29. The highest BCUT2D eigenvalue weighted by Gasteiger charge is 2.20. The number of carbonyl (C=O) groups excluding carboxylic acids is 2. The van der Waals surface area contributed by atoms with Gasteiger partial charge in [-0.1, -0.05) is 19.1 Å². The van der Waals surface area contributed by atoms with Gasteiger partial charge in [0.2, 0.25) is 5.91 Å². The summed E-state index contributed by atoms with van der Waals surface area (Å²) in [7, 11) is 1.68. The molecular formula is C21H32N2O3. The van der Waals surface area contributed by atoms with E-state index in [1.165, 1.54) is 5.56 Å². The van der Waals surface area contributed by atoms with E-state index in [0.29, 0.717) is 38.4 Å². The summed E-state index contributed by atoms with van der Waals surface area (Å²) in [4.78, 5) is 27.8. The molecule has 0 aromatic heterocycles. The molecule has 1 atom stereocenters. The maximum atomic E-state index is 12.3. The van der Waals surface area contributed by atoms with Crippen molar-refractivity contribution in [2.45, 2.75) is 52.0 Å². The Labute approximate surface area is 157 Å². The number of hydrogen-bond acceptors (Lipinski definition) is 4. The molecule has 1 amide bonds. The predicted octanol–water partition coefficient (Wildman–Crippen LogP) is 2.92. The summed E-state index contributed by atoms with van der Waals surface area (Å²) in [6, 6.07) is 8.66. The Morgan fingerprint density at radius 1 is 1.23 bits per heavy atom. The molecule has 0 bridgehead atoms. The van der Waals surface area contributed by atoms with E-state index < -0.39 is 0 Å². The van der Waals surface area contributed by atoms with Crippen molar-refractivity contribution in [2.24, 2.45) is 0 Å². The number of ketones is 1. The second-order valence-corrected chi connectivity index (χ2v) is 7.05. The first kappa shape index (κ1) is 20.4. The lowest BCUT2D eigenvalue weighted by molar-refractivity contribution is -0.134. The fraction of sp³-hybridized carbons (Fsp3) is 0.619. The van der Waals surface area contributed by atoms with E-state index in [1.807, 2.05) is 17.0 Å². The minimum atomic E-state index is 0.191. The summed E-state index contributed by atoms with van der Waals surface area (Å²) in [6.07, 6.45) is 3.46. The Kier molecular flexibility index (Phi) is 8.10. The highest BCUT2D eigenvalue weighted by Crippen LogP contribution is 2.15. The van der Waals surface area contributed by atoms with E-state index >= 15 is 0 Å². The summed E-state index contributed by atoms with van der Waals surface area (Å²) >= 11 is 0. The number of carbonyl (C=O) groups is 2. The molecule has 1 aromatic rings. The first-order valence-corrected chi connectivity index (χ1v) is 9.70. The van der Waals surface area contributed by atoms with E-state index in [2.05, 4.69) is 30.9 Å². The second kappa shape index (κ2) is 10.3. The van der Waals surface area contributed by atoms with Crippen LogP contribution in [0, 0.1) is 0 Å². The van der Waals surface area contributed by atoms with E-state index in [1.54, 1.807) is 7.11 Å². The summed E-state index contributed by atoms with van der Waals surface area (Å²) in [5, 5.41) is 0.